The Hall–Kier alpha value is -1.69. The number of likely N-dealkylation sites (tertiary alicyclic amines) is 1. The van der Waals surface area contributed by atoms with Crippen molar-refractivity contribution in [1.82, 2.24) is 30.0 Å². The molecular weight excluding hydrogens is 240 g/mol. The van der Waals surface area contributed by atoms with Gasteiger partial charge in [0.2, 0.25) is 0 Å². The van der Waals surface area contributed by atoms with Gasteiger partial charge < -0.3 is 4.98 Å². The van der Waals surface area contributed by atoms with E-state index in [1.54, 1.807) is 0 Å². The second-order valence-electron chi connectivity index (χ2n) is 5.32. The number of hydrogen-bond acceptors (Lipinski definition) is 4. The van der Waals surface area contributed by atoms with Gasteiger partial charge in [0.15, 0.2) is 5.82 Å². The highest BCUT2D eigenvalue weighted by Crippen LogP contribution is 2.25. The minimum atomic E-state index is 0.504. The number of aromatic amines is 2. The second-order valence-corrected chi connectivity index (χ2v) is 5.32. The standard InChI is InChI=1S/C13H20N6/c1-9-14-7-12(15-9)8-19-5-3-11(4-6-19)13-16-10(2)17-18-13/h7,11H,3-6,8H2,1-2H3,(H,14,15)(H,16,17,18). The number of aryl methyl sites for hydroxylation is 2. The maximum atomic E-state index is 4.45. The molecule has 1 fully saturated rings. The zero-order valence-corrected chi connectivity index (χ0v) is 11.5. The summed E-state index contributed by atoms with van der Waals surface area (Å²) in [7, 11) is 0. The molecule has 2 aromatic heterocycles. The van der Waals surface area contributed by atoms with Crippen LogP contribution in [-0.2, 0) is 6.54 Å². The van der Waals surface area contributed by atoms with E-state index in [1.807, 2.05) is 20.0 Å². The Morgan fingerprint density at radius 2 is 2.05 bits per heavy atom. The highest BCUT2D eigenvalue weighted by Gasteiger charge is 2.23. The van der Waals surface area contributed by atoms with Crippen molar-refractivity contribution in [1.29, 1.82) is 0 Å². The molecule has 0 radical (unpaired) electrons. The van der Waals surface area contributed by atoms with E-state index < -0.39 is 0 Å². The van der Waals surface area contributed by atoms with E-state index >= 15 is 0 Å². The van der Waals surface area contributed by atoms with E-state index in [1.165, 1.54) is 5.69 Å². The number of piperidine rings is 1. The summed E-state index contributed by atoms with van der Waals surface area (Å²) in [6, 6.07) is 0. The summed E-state index contributed by atoms with van der Waals surface area (Å²) >= 11 is 0. The Balaban J connectivity index is 1.54. The fourth-order valence-electron chi connectivity index (χ4n) is 2.68. The van der Waals surface area contributed by atoms with Crippen molar-refractivity contribution >= 4 is 0 Å². The number of hydrogen-bond donors (Lipinski definition) is 2. The molecule has 3 rings (SSSR count). The molecule has 0 unspecified atom stereocenters. The zero-order valence-electron chi connectivity index (χ0n) is 11.5. The van der Waals surface area contributed by atoms with Gasteiger partial charge in [0.05, 0.1) is 0 Å². The van der Waals surface area contributed by atoms with Crippen LogP contribution in [0, 0.1) is 13.8 Å². The molecule has 1 aliphatic rings. The van der Waals surface area contributed by atoms with Crippen LogP contribution >= 0.6 is 0 Å². The maximum Gasteiger partial charge on any atom is 0.153 e. The third kappa shape index (κ3) is 2.84. The van der Waals surface area contributed by atoms with Crippen LogP contribution < -0.4 is 0 Å². The fraction of sp³-hybridized carbons (Fsp3) is 0.615. The molecule has 1 aliphatic heterocycles. The molecule has 2 aromatic rings. The number of aromatic nitrogens is 5. The maximum absolute atomic E-state index is 4.45. The van der Waals surface area contributed by atoms with Crippen molar-refractivity contribution in [2.75, 3.05) is 13.1 Å². The van der Waals surface area contributed by atoms with E-state index in [0.717, 1.165) is 49.9 Å². The SMILES string of the molecule is Cc1nc(C2CCN(Cc3cnc(C)[nH]3)CC2)n[nH]1. The molecule has 2 N–H and O–H groups in total. The average Bonchev–Trinajstić information content (AvgIpc) is 3.00. The van der Waals surface area contributed by atoms with Gasteiger partial charge in [0.1, 0.15) is 11.6 Å². The van der Waals surface area contributed by atoms with Gasteiger partial charge in [-0.05, 0) is 39.8 Å². The minimum Gasteiger partial charge on any atom is -0.345 e. The van der Waals surface area contributed by atoms with Crippen LogP contribution in [0.1, 0.15) is 41.9 Å². The molecule has 6 nitrogen and oxygen atoms in total. The summed E-state index contributed by atoms with van der Waals surface area (Å²) in [5.74, 6) is 3.38. The lowest BCUT2D eigenvalue weighted by molar-refractivity contribution is 0.200. The summed E-state index contributed by atoms with van der Waals surface area (Å²) < 4.78 is 0. The smallest absolute Gasteiger partial charge is 0.153 e. The van der Waals surface area contributed by atoms with E-state index in [-0.39, 0.29) is 0 Å². The molecular formula is C13H20N6. The van der Waals surface area contributed by atoms with E-state index in [4.69, 9.17) is 0 Å². The summed E-state index contributed by atoms with van der Waals surface area (Å²) in [5, 5.41) is 7.21. The van der Waals surface area contributed by atoms with E-state index in [0.29, 0.717) is 5.92 Å². The Morgan fingerprint density at radius 3 is 2.63 bits per heavy atom. The first kappa shape index (κ1) is 12.3. The molecule has 0 saturated carbocycles. The first-order chi connectivity index (χ1) is 9.20. The Morgan fingerprint density at radius 1 is 1.26 bits per heavy atom. The van der Waals surface area contributed by atoms with Gasteiger partial charge in [0, 0.05) is 24.4 Å². The van der Waals surface area contributed by atoms with Crippen molar-refractivity contribution in [2.24, 2.45) is 0 Å². The molecule has 6 heteroatoms. The van der Waals surface area contributed by atoms with Crippen LogP contribution in [-0.4, -0.2) is 43.1 Å². The molecule has 1 saturated heterocycles. The topological polar surface area (TPSA) is 73.5 Å². The molecule has 102 valence electrons. The summed E-state index contributed by atoms with van der Waals surface area (Å²) in [6.07, 6.45) is 4.19. The minimum absolute atomic E-state index is 0.504. The van der Waals surface area contributed by atoms with Crippen molar-refractivity contribution in [3.05, 3.63) is 29.4 Å². The normalized spacial score (nSPS) is 18.0. The Labute approximate surface area is 112 Å². The van der Waals surface area contributed by atoms with Crippen LogP contribution in [0.25, 0.3) is 0 Å². The Bertz CT molecular complexity index is 535. The number of H-pyrrole nitrogens is 2. The number of nitrogens with one attached hydrogen (secondary N) is 2. The van der Waals surface area contributed by atoms with Gasteiger partial charge in [-0.1, -0.05) is 0 Å². The predicted octanol–water partition coefficient (Wildman–Crippen LogP) is 1.52. The molecule has 3 heterocycles. The van der Waals surface area contributed by atoms with Gasteiger partial charge in [0.25, 0.3) is 0 Å². The van der Waals surface area contributed by atoms with Crippen LogP contribution in [0.3, 0.4) is 0 Å². The summed E-state index contributed by atoms with van der Waals surface area (Å²) in [4.78, 5) is 14.4. The first-order valence-corrected chi connectivity index (χ1v) is 6.82. The zero-order chi connectivity index (χ0) is 13.2. The summed E-state index contributed by atoms with van der Waals surface area (Å²) in [6.45, 7) is 7.08. The average molecular weight is 260 g/mol. The van der Waals surface area contributed by atoms with Crippen LogP contribution in [0.4, 0.5) is 0 Å². The second kappa shape index (κ2) is 5.13. The highest BCUT2D eigenvalue weighted by atomic mass is 15.2. The predicted molar refractivity (Wildman–Crippen MR) is 71.7 cm³/mol. The van der Waals surface area contributed by atoms with Crippen molar-refractivity contribution in [3.63, 3.8) is 0 Å². The van der Waals surface area contributed by atoms with Gasteiger partial charge in [-0.2, -0.15) is 5.10 Å². The van der Waals surface area contributed by atoms with E-state index in [2.05, 4.69) is 30.0 Å². The molecule has 0 aliphatic carbocycles. The summed E-state index contributed by atoms with van der Waals surface area (Å²) in [5.41, 5.74) is 1.20. The van der Waals surface area contributed by atoms with Crippen molar-refractivity contribution in [3.8, 4) is 0 Å². The van der Waals surface area contributed by atoms with Gasteiger partial charge >= 0.3 is 0 Å². The third-order valence-corrected chi connectivity index (χ3v) is 3.72. The third-order valence-electron chi connectivity index (χ3n) is 3.72. The number of nitrogens with zero attached hydrogens (tertiary/aromatic N) is 4. The van der Waals surface area contributed by atoms with E-state index in [9.17, 15) is 0 Å². The Kier molecular flexibility index (Phi) is 3.33. The monoisotopic (exact) mass is 260 g/mol. The molecule has 0 bridgehead atoms. The first-order valence-electron chi connectivity index (χ1n) is 6.82. The van der Waals surface area contributed by atoms with Crippen molar-refractivity contribution in [2.45, 2.75) is 39.2 Å². The van der Waals surface area contributed by atoms with Crippen molar-refractivity contribution < 1.29 is 0 Å². The van der Waals surface area contributed by atoms with Gasteiger partial charge in [-0.25, -0.2) is 9.97 Å². The van der Waals surface area contributed by atoms with Gasteiger partial charge in [-0.3, -0.25) is 10.00 Å². The highest BCUT2D eigenvalue weighted by molar-refractivity contribution is 5.02. The molecule has 0 atom stereocenters. The largest absolute Gasteiger partial charge is 0.345 e. The molecule has 0 spiro atoms. The lowest BCUT2D eigenvalue weighted by atomic mass is 9.96. The van der Waals surface area contributed by atoms with Crippen LogP contribution in [0.2, 0.25) is 0 Å². The lowest BCUT2D eigenvalue weighted by Crippen LogP contribution is -2.32. The molecule has 0 aromatic carbocycles. The fourth-order valence-corrected chi connectivity index (χ4v) is 2.68. The molecule has 19 heavy (non-hydrogen) atoms. The number of rotatable bonds is 3. The molecule has 0 amide bonds. The lowest BCUT2D eigenvalue weighted by Gasteiger charge is -2.30. The quantitative estimate of drug-likeness (QED) is 0.877. The number of imidazole rings is 1. The van der Waals surface area contributed by atoms with Gasteiger partial charge in [-0.15, -0.1) is 0 Å². The van der Waals surface area contributed by atoms with Crippen LogP contribution in [0.5, 0.6) is 0 Å². The van der Waals surface area contributed by atoms with Crippen LogP contribution in [0.15, 0.2) is 6.20 Å².